The van der Waals surface area contributed by atoms with E-state index in [1.165, 1.54) is 21.9 Å². The number of aliphatic imine (C=N–C) groups is 1. The molecule has 7 heteroatoms. The number of nitrogens with zero attached hydrogens (tertiary/aromatic N) is 1. The average Bonchev–Trinajstić information content (AvgIpc) is 2.91. The van der Waals surface area contributed by atoms with Gasteiger partial charge in [0.1, 0.15) is 0 Å². The molecule has 1 aromatic carbocycles. The summed E-state index contributed by atoms with van der Waals surface area (Å²) in [4.78, 5) is 6.83. The first kappa shape index (κ1) is 20.7. The number of phenolic OH excluding ortho intramolecular Hbond substituents is 1. The number of thiophene rings is 1. The Morgan fingerprint density at radius 2 is 2.08 bits per heavy atom. The molecule has 1 heterocycles. The molecule has 0 bridgehead atoms. The lowest BCUT2D eigenvalue weighted by Gasteiger charge is -2.17. The predicted octanol–water partition coefficient (Wildman–Crippen LogP) is 3.82. The molecule has 0 saturated carbocycles. The Labute approximate surface area is 163 Å². The number of guanidine groups is 1. The Morgan fingerprint density at radius 3 is 2.67 bits per heavy atom. The van der Waals surface area contributed by atoms with Gasteiger partial charge in [-0.15, -0.1) is 35.3 Å². The highest BCUT2D eigenvalue weighted by Crippen LogP contribution is 2.17. The van der Waals surface area contributed by atoms with E-state index in [4.69, 9.17) is 0 Å². The highest BCUT2D eigenvalue weighted by Gasteiger charge is 2.08. The molecule has 0 spiro atoms. The number of aromatic hydroxyl groups is 1. The van der Waals surface area contributed by atoms with Crippen LogP contribution in [0.1, 0.15) is 22.2 Å². The van der Waals surface area contributed by atoms with Gasteiger partial charge in [0, 0.05) is 35.8 Å². The van der Waals surface area contributed by atoms with Gasteiger partial charge in [0.2, 0.25) is 0 Å². The standard InChI is InChI=1S/C17H22FN3OS.HI/c1-11(8-14-6-4-12(2)23-14)21-17(19-3)20-10-13-5-7-16(22)15(18)9-13;/h4-7,9,11,22H,8,10H2,1-3H3,(H2,19,20,21);1H. The zero-order valence-corrected chi connectivity index (χ0v) is 17.1. The third-order valence-corrected chi connectivity index (χ3v) is 4.41. The van der Waals surface area contributed by atoms with Crippen LogP contribution in [-0.4, -0.2) is 24.2 Å². The second-order valence-corrected chi connectivity index (χ2v) is 6.85. The summed E-state index contributed by atoms with van der Waals surface area (Å²) in [5.41, 5.74) is 0.741. The summed E-state index contributed by atoms with van der Waals surface area (Å²) >= 11 is 1.80. The SMILES string of the molecule is CN=C(NCc1ccc(O)c(F)c1)NC(C)Cc1ccc(C)s1.I. The van der Waals surface area contributed by atoms with Crippen LogP contribution in [0.4, 0.5) is 4.39 Å². The zero-order valence-electron chi connectivity index (χ0n) is 14.0. The Hall–Kier alpha value is -1.35. The van der Waals surface area contributed by atoms with Crippen molar-refractivity contribution in [2.24, 2.45) is 4.99 Å². The van der Waals surface area contributed by atoms with Crippen LogP contribution < -0.4 is 10.6 Å². The molecule has 2 rings (SSSR count). The number of aryl methyl sites for hydroxylation is 1. The lowest BCUT2D eigenvalue weighted by molar-refractivity contribution is 0.431. The molecule has 0 saturated heterocycles. The molecule has 0 fully saturated rings. The number of nitrogens with one attached hydrogen (secondary N) is 2. The fourth-order valence-corrected chi connectivity index (χ4v) is 3.24. The van der Waals surface area contributed by atoms with Gasteiger partial charge in [-0.2, -0.15) is 0 Å². The molecule has 0 amide bonds. The van der Waals surface area contributed by atoms with E-state index in [0.717, 1.165) is 12.0 Å². The van der Waals surface area contributed by atoms with E-state index in [2.05, 4.69) is 41.6 Å². The molecule has 2 aromatic rings. The number of phenols is 1. The fourth-order valence-electron chi connectivity index (χ4n) is 2.22. The molecule has 0 aliphatic rings. The predicted molar refractivity (Wildman–Crippen MR) is 109 cm³/mol. The summed E-state index contributed by atoms with van der Waals surface area (Å²) in [7, 11) is 1.70. The third-order valence-electron chi connectivity index (χ3n) is 3.38. The van der Waals surface area contributed by atoms with Crippen LogP contribution in [0.15, 0.2) is 35.3 Å². The molecular formula is C17H23FIN3OS. The van der Waals surface area contributed by atoms with Gasteiger partial charge in [-0.3, -0.25) is 4.99 Å². The molecule has 0 aliphatic heterocycles. The van der Waals surface area contributed by atoms with E-state index in [0.29, 0.717) is 12.5 Å². The number of hydrogen-bond acceptors (Lipinski definition) is 3. The van der Waals surface area contributed by atoms with Crippen molar-refractivity contribution < 1.29 is 9.50 Å². The second kappa shape index (κ2) is 9.83. The van der Waals surface area contributed by atoms with E-state index < -0.39 is 5.82 Å². The van der Waals surface area contributed by atoms with Crippen LogP contribution in [0.25, 0.3) is 0 Å². The smallest absolute Gasteiger partial charge is 0.191 e. The first-order valence-electron chi connectivity index (χ1n) is 7.48. The maximum absolute atomic E-state index is 13.3. The Balaban J connectivity index is 0.00000288. The normalized spacial score (nSPS) is 12.4. The maximum Gasteiger partial charge on any atom is 0.191 e. The van der Waals surface area contributed by atoms with E-state index in [1.54, 1.807) is 24.5 Å². The molecule has 0 aliphatic carbocycles. The maximum atomic E-state index is 13.3. The minimum absolute atomic E-state index is 0. The van der Waals surface area contributed by atoms with Gasteiger partial charge in [0.25, 0.3) is 0 Å². The molecule has 1 atom stereocenters. The van der Waals surface area contributed by atoms with Gasteiger partial charge in [0.05, 0.1) is 0 Å². The number of rotatable bonds is 5. The summed E-state index contributed by atoms with van der Waals surface area (Å²) in [6.45, 7) is 4.63. The fraction of sp³-hybridized carbons (Fsp3) is 0.353. The molecule has 3 N–H and O–H groups in total. The Morgan fingerprint density at radius 1 is 1.33 bits per heavy atom. The molecule has 1 unspecified atom stereocenters. The highest BCUT2D eigenvalue weighted by atomic mass is 127. The first-order chi connectivity index (χ1) is 11.0. The first-order valence-corrected chi connectivity index (χ1v) is 8.29. The topological polar surface area (TPSA) is 56.7 Å². The van der Waals surface area contributed by atoms with Crippen LogP contribution in [0.3, 0.4) is 0 Å². The van der Waals surface area contributed by atoms with Crippen molar-refractivity contribution >= 4 is 41.3 Å². The van der Waals surface area contributed by atoms with Gasteiger partial charge in [0.15, 0.2) is 17.5 Å². The number of halogens is 2. The molecule has 132 valence electrons. The monoisotopic (exact) mass is 463 g/mol. The molecule has 24 heavy (non-hydrogen) atoms. The summed E-state index contributed by atoms with van der Waals surface area (Å²) < 4.78 is 13.3. The van der Waals surface area contributed by atoms with Crippen molar-refractivity contribution in [1.29, 1.82) is 0 Å². The van der Waals surface area contributed by atoms with Crippen molar-refractivity contribution in [3.05, 3.63) is 51.5 Å². The van der Waals surface area contributed by atoms with Crippen molar-refractivity contribution in [2.75, 3.05) is 7.05 Å². The van der Waals surface area contributed by atoms with E-state index >= 15 is 0 Å². The van der Waals surface area contributed by atoms with Gasteiger partial charge >= 0.3 is 0 Å². The van der Waals surface area contributed by atoms with Gasteiger partial charge < -0.3 is 15.7 Å². The second-order valence-electron chi connectivity index (χ2n) is 5.47. The van der Waals surface area contributed by atoms with Crippen LogP contribution in [0.2, 0.25) is 0 Å². The molecular weight excluding hydrogens is 440 g/mol. The summed E-state index contributed by atoms with van der Waals surface area (Å²) in [6, 6.07) is 8.84. The zero-order chi connectivity index (χ0) is 16.8. The summed E-state index contributed by atoms with van der Waals surface area (Å²) in [5.74, 6) is -0.288. The Kier molecular flexibility index (Phi) is 8.47. The van der Waals surface area contributed by atoms with Crippen molar-refractivity contribution in [1.82, 2.24) is 10.6 Å². The van der Waals surface area contributed by atoms with Crippen LogP contribution in [-0.2, 0) is 13.0 Å². The molecule has 4 nitrogen and oxygen atoms in total. The third kappa shape index (κ3) is 6.27. The van der Waals surface area contributed by atoms with Crippen LogP contribution >= 0.6 is 35.3 Å². The van der Waals surface area contributed by atoms with E-state index in [1.807, 2.05) is 0 Å². The van der Waals surface area contributed by atoms with Crippen molar-refractivity contribution in [3.8, 4) is 5.75 Å². The highest BCUT2D eigenvalue weighted by molar-refractivity contribution is 14.0. The van der Waals surface area contributed by atoms with Gasteiger partial charge in [-0.1, -0.05) is 6.07 Å². The minimum Gasteiger partial charge on any atom is -0.505 e. The Bertz CT molecular complexity index is 690. The van der Waals surface area contributed by atoms with Gasteiger partial charge in [-0.05, 0) is 43.7 Å². The summed E-state index contributed by atoms with van der Waals surface area (Å²) in [5, 5.41) is 15.7. The summed E-state index contributed by atoms with van der Waals surface area (Å²) in [6.07, 6.45) is 0.924. The minimum atomic E-state index is -0.617. The van der Waals surface area contributed by atoms with E-state index in [9.17, 15) is 9.50 Å². The van der Waals surface area contributed by atoms with E-state index in [-0.39, 0.29) is 35.8 Å². The quantitative estimate of drug-likeness (QED) is 0.359. The molecule has 1 aromatic heterocycles. The number of benzene rings is 1. The van der Waals surface area contributed by atoms with Crippen LogP contribution in [0, 0.1) is 12.7 Å². The largest absolute Gasteiger partial charge is 0.505 e. The van der Waals surface area contributed by atoms with Gasteiger partial charge in [-0.25, -0.2) is 4.39 Å². The van der Waals surface area contributed by atoms with Crippen molar-refractivity contribution in [3.63, 3.8) is 0 Å². The lowest BCUT2D eigenvalue weighted by Crippen LogP contribution is -2.42. The van der Waals surface area contributed by atoms with Crippen LogP contribution in [0.5, 0.6) is 5.75 Å². The molecule has 0 radical (unpaired) electrons. The van der Waals surface area contributed by atoms with Crippen molar-refractivity contribution in [2.45, 2.75) is 32.9 Å². The lowest BCUT2D eigenvalue weighted by atomic mass is 10.2. The average molecular weight is 463 g/mol. The number of hydrogen-bond donors (Lipinski definition) is 3.